The standard InChI is InChI=1S/C14H18O5.C2H6/c1-2-3-4-5-6-19-12-8-10(13(15)16)7-11(9-12)14(17)18;1-2/h7-9H,2-6H2,1H3,(H,15,16)(H,17,18);1-2H3. The van der Waals surface area contributed by atoms with Crippen LogP contribution in [0.25, 0.3) is 0 Å². The highest BCUT2D eigenvalue weighted by Gasteiger charge is 2.11. The first-order valence-electron chi connectivity index (χ1n) is 7.29. The molecule has 0 aliphatic carbocycles. The first-order valence-corrected chi connectivity index (χ1v) is 7.29. The fraction of sp³-hybridized carbons (Fsp3) is 0.500. The maximum absolute atomic E-state index is 10.9. The van der Waals surface area contributed by atoms with Crippen molar-refractivity contribution < 1.29 is 24.5 Å². The molecule has 0 heterocycles. The van der Waals surface area contributed by atoms with Gasteiger partial charge in [0.2, 0.25) is 0 Å². The summed E-state index contributed by atoms with van der Waals surface area (Å²) in [6, 6.07) is 3.80. The van der Waals surface area contributed by atoms with Crippen molar-refractivity contribution in [3.63, 3.8) is 0 Å². The van der Waals surface area contributed by atoms with Gasteiger partial charge in [0, 0.05) is 0 Å². The molecule has 0 saturated heterocycles. The number of ether oxygens (including phenoxy) is 1. The van der Waals surface area contributed by atoms with E-state index in [-0.39, 0.29) is 16.9 Å². The lowest BCUT2D eigenvalue weighted by Crippen LogP contribution is -2.05. The summed E-state index contributed by atoms with van der Waals surface area (Å²) in [6.45, 7) is 6.57. The Hall–Kier alpha value is -2.04. The third-order valence-electron chi connectivity index (χ3n) is 2.67. The molecule has 0 aliphatic heterocycles. The summed E-state index contributed by atoms with van der Waals surface area (Å²) in [6.07, 6.45) is 4.16. The zero-order chi connectivity index (χ0) is 16.3. The first-order chi connectivity index (χ1) is 10.0. The summed E-state index contributed by atoms with van der Waals surface area (Å²) in [5.41, 5.74) is -0.160. The third kappa shape index (κ3) is 7.34. The molecule has 0 fully saturated rings. The summed E-state index contributed by atoms with van der Waals surface area (Å²) in [5.74, 6) is -2.05. The van der Waals surface area contributed by atoms with Crippen molar-refractivity contribution in [1.82, 2.24) is 0 Å². The predicted octanol–water partition coefficient (Wildman–Crippen LogP) is 4.07. The van der Waals surface area contributed by atoms with Crippen LogP contribution in [0.3, 0.4) is 0 Å². The molecule has 0 bridgehead atoms. The number of hydrogen-bond acceptors (Lipinski definition) is 3. The van der Waals surface area contributed by atoms with E-state index in [4.69, 9.17) is 14.9 Å². The van der Waals surface area contributed by atoms with Gasteiger partial charge in [0.1, 0.15) is 5.75 Å². The molecule has 0 atom stereocenters. The molecule has 5 nitrogen and oxygen atoms in total. The van der Waals surface area contributed by atoms with Crippen LogP contribution in [0.15, 0.2) is 18.2 Å². The van der Waals surface area contributed by atoms with Crippen LogP contribution in [0.4, 0.5) is 0 Å². The number of benzene rings is 1. The van der Waals surface area contributed by atoms with Crippen LogP contribution in [-0.4, -0.2) is 28.8 Å². The number of carbonyl (C=O) groups is 2. The summed E-state index contributed by atoms with van der Waals surface area (Å²) in [7, 11) is 0. The normalized spacial score (nSPS) is 9.48. The van der Waals surface area contributed by atoms with Crippen molar-refractivity contribution in [2.24, 2.45) is 0 Å². The Bertz CT molecular complexity index is 422. The molecule has 0 amide bonds. The summed E-state index contributed by atoms with van der Waals surface area (Å²) < 4.78 is 5.41. The zero-order valence-electron chi connectivity index (χ0n) is 12.9. The quantitative estimate of drug-likeness (QED) is 0.706. The lowest BCUT2D eigenvalue weighted by molar-refractivity contribution is 0.0696. The van der Waals surface area contributed by atoms with E-state index in [1.54, 1.807) is 0 Å². The van der Waals surface area contributed by atoms with Crippen molar-refractivity contribution in [2.75, 3.05) is 6.61 Å². The van der Waals surface area contributed by atoms with Gasteiger partial charge in [-0.1, -0.05) is 40.0 Å². The summed E-state index contributed by atoms with van der Waals surface area (Å²) >= 11 is 0. The molecule has 0 spiro atoms. The first kappa shape index (κ1) is 19.0. The third-order valence-corrected chi connectivity index (χ3v) is 2.67. The minimum Gasteiger partial charge on any atom is -0.494 e. The van der Waals surface area contributed by atoms with Crippen LogP contribution in [-0.2, 0) is 0 Å². The van der Waals surface area contributed by atoms with E-state index >= 15 is 0 Å². The molecule has 1 rings (SSSR count). The molecule has 21 heavy (non-hydrogen) atoms. The Morgan fingerprint density at radius 2 is 1.48 bits per heavy atom. The molecule has 0 unspecified atom stereocenters. The van der Waals surface area contributed by atoms with Gasteiger partial charge in [-0.25, -0.2) is 9.59 Å². The van der Waals surface area contributed by atoms with Crippen molar-refractivity contribution in [1.29, 1.82) is 0 Å². The highest BCUT2D eigenvalue weighted by molar-refractivity contribution is 5.94. The van der Waals surface area contributed by atoms with Crippen LogP contribution in [0.5, 0.6) is 5.75 Å². The van der Waals surface area contributed by atoms with E-state index in [1.165, 1.54) is 12.1 Å². The van der Waals surface area contributed by atoms with Crippen molar-refractivity contribution in [3.05, 3.63) is 29.3 Å². The molecule has 5 heteroatoms. The number of carboxylic acid groups (broad SMARTS) is 2. The molecule has 0 aromatic heterocycles. The maximum atomic E-state index is 10.9. The molecular formula is C16H24O5. The zero-order valence-corrected chi connectivity index (χ0v) is 12.9. The van der Waals surface area contributed by atoms with Gasteiger partial charge in [0.15, 0.2) is 0 Å². The Morgan fingerprint density at radius 3 is 1.90 bits per heavy atom. The second-order valence-electron chi connectivity index (χ2n) is 4.27. The molecule has 0 aliphatic rings. The van der Waals surface area contributed by atoms with Crippen LogP contribution >= 0.6 is 0 Å². The molecule has 1 aromatic rings. The summed E-state index contributed by atoms with van der Waals surface area (Å²) in [5, 5.41) is 17.8. The number of rotatable bonds is 8. The van der Waals surface area contributed by atoms with Gasteiger partial charge in [-0.05, 0) is 24.6 Å². The smallest absolute Gasteiger partial charge is 0.335 e. The fourth-order valence-electron chi connectivity index (χ4n) is 1.65. The SMILES string of the molecule is CC.CCCCCCOc1cc(C(=O)O)cc(C(=O)O)c1. The minimum absolute atomic E-state index is 0.0801. The van der Waals surface area contributed by atoms with Gasteiger partial charge in [-0.15, -0.1) is 0 Å². The van der Waals surface area contributed by atoms with Crippen molar-refractivity contribution in [3.8, 4) is 5.75 Å². The Kier molecular flexibility index (Phi) is 9.67. The Labute approximate surface area is 125 Å². The minimum atomic E-state index is -1.17. The van der Waals surface area contributed by atoms with Gasteiger partial charge in [0.05, 0.1) is 17.7 Å². The largest absolute Gasteiger partial charge is 0.494 e. The number of unbranched alkanes of at least 4 members (excludes halogenated alkanes) is 3. The molecule has 1 aromatic carbocycles. The van der Waals surface area contributed by atoms with Gasteiger partial charge in [0.25, 0.3) is 0 Å². The van der Waals surface area contributed by atoms with E-state index in [1.807, 2.05) is 13.8 Å². The molecular weight excluding hydrogens is 272 g/mol. The lowest BCUT2D eigenvalue weighted by Gasteiger charge is -2.08. The molecule has 118 valence electrons. The number of aromatic carboxylic acids is 2. The maximum Gasteiger partial charge on any atom is 0.335 e. The van der Waals surface area contributed by atoms with Gasteiger partial charge in [-0.2, -0.15) is 0 Å². The van der Waals surface area contributed by atoms with Gasteiger partial charge in [-0.3, -0.25) is 0 Å². The van der Waals surface area contributed by atoms with E-state index in [9.17, 15) is 9.59 Å². The van der Waals surface area contributed by atoms with Crippen molar-refractivity contribution in [2.45, 2.75) is 46.5 Å². The van der Waals surface area contributed by atoms with Crippen LogP contribution < -0.4 is 4.74 Å². The van der Waals surface area contributed by atoms with E-state index in [2.05, 4.69) is 6.92 Å². The average Bonchev–Trinajstić information content (AvgIpc) is 2.48. The van der Waals surface area contributed by atoms with Crippen LogP contribution in [0.1, 0.15) is 67.2 Å². The molecule has 0 radical (unpaired) electrons. The monoisotopic (exact) mass is 296 g/mol. The van der Waals surface area contributed by atoms with E-state index < -0.39 is 11.9 Å². The number of hydrogen-bond donors (Lipinski definition) is 2. The predicted molar refractivity (Wildman–Crippen MR) is 81.3 cm³/mol. The highest BCUT2D eigenvalue weighted by Crippen LogP contribution is 2.18. The number of carboxylic acids is 2. The van der Waals surface area contributed by atoms with Crippen molar-refractivity contribution >= 4 is 11.9 Å². The van der Waals surface area contributed by atoms with Gasteiger partial charge >= 0.3 is 11.9 Å². The van der Waals surface area contributed by atoms with Crippen LogP contribution in [0, 0.1) is 0 Å². The topological polar surface area (TPSA) is 83.8 Å². The highest BCUT2D eigenvalue weighted by atomic mass is 16.5. The van der Waals surface area contributed by atoms with E-state index in [0.29, 0.717) is 6.61 Å². The second kappa shape index (κ2) is 10.7. The van der Waals surface area contributed by atoms with Gasteiger partial charge < -0.3 is 14.9 Å². The molecule has 2 N–H and O–H groups in total. The average molecular weight is 296 g/mol. The Balaban J connectivity index is 0.00000191. The summed E-state index contributed by atoms with van der Waals surface area (Å²) in [4.78, 5) is 21.8. The Morgan fingerprint density at radius 1 is 0.952 bits per heavy atom. The lowest BCUT2D eigenvalue weighted by atomic mass is 10.1. The molecule has 0 saturated carbocycles. The fourth-order valence-corrected chi connectivity index (χ4v) is 1.65. The second-order valence-corrected chi connectivity index (χ2v) is 4.27. The van der Waals surface area contributed by atoms with E-state index in [0.717, 1.165) is 31.7 Å². The van der Waals surface area contributed by atoms with Crippen LogP contribution in [0.2, 0.25) is 0 Å².